The molecule has 2 unspecified atom stereocenters. The van der Waals surface area contributed by atoms with Gasteiger partial charge in [0.05, 0.1) is 6.54 Å². The Balaban J connectivity index is 2.67. The highest BCUT2D eigenvalue weighted by Crippen LogP contribution is 2.31. The van der Waals surface area contributed by atoms with E-state index in [1.807, 2.05) is 0 Å². The van der Waals surface area contributed by atoms with E-state index in [2.05, 4.69) is 50.5 Å². The summed E-state index contributed by atoms with van der Waals surface area (Å²) in [5.41, 5.74) is 1.47. The van der Waals surface area contributed by atoms with Gasteiger partial charge >= 0.3 is 0 Å². The van der Waals surface area contributed by atoms with Crippen LogP contribution in [0.3, 0.4) is 0 Å². The van der Waals surface area contributed by atoms with Crippen LogP contribution in [0.1, 0.15) is 324 Å². The first-order valence-electron chi connectivity index (χ1n) is 30.2. The van der Waals surface area contributed by atoms with Crippen molar-refractivity contribution < 1.29 is 4.79 Å². The van der Waals surface area contributed by atoms with Gasteiger partial charge in [-0.25, -0.2) is 0 Å². The molecule has 0 spiro atoms. The van der Waals surface area contributed by atoms with Crippen molar-refractivity contribution in [2.75, 3.05) is 39.3 Å². The summed E-state index contributed by atoms with van der Waals surface area (Å²) in [5, 5.41) is 0. The first kappa shape index (κ1) is 61.3. The molecule has 0 bridgehead atoms. The van der Waals surface area contributed by atoms with E-state index in [-0.39, 0.29) is 0 Å². The minimum atomic E-state index is 0.483. The van der Waals surface area contributed by atoms with Crippen molar-refractivity contribution in [3.8, 4) is 0 Å². The fourth-order valence-electron chi connectivity index (χ4n) is 10.8. The zero-order valence-corrected chi connectivity index (χ0v) is 45.1. The minimum absolute atomic E-state index is 0.483. The number of hydrogen-bond donors (Lipinski definition) is 0. The van der Waals surface area contributed by atoms with Crippen LogP contribution >= 0.6 is 0 Å². The molecule has 380 valence electrons. The molecule has 0 heterocycles. The van der Waals surface area contributed by atoms with E-state index in [0.29, 0.717) is 18.7 Å². The van der Waals surface area contributed by atoms with Crippen molar-refractivity contribution in [1.29, 1.82) is 0 Å². The predicted molar refractivity (Wildman–Crippen MR) is 289 cm³/mol. The van der Waals surface area contributed by atoms with Crippen LogP contribution in [-0.2, 0) is 4.79 Å². The number of carbonyl (C=O) groups excluding carboxylic acids is 1. The Morgan fingerprint density at radius 2 is 0.812 bits per heavy atom. The third kappa shape index (κ3) is 40.4. The molecular formula is C61H120N2O. The highest BCUT2D eigenvalue weighted by molar-refractivity contribution is 5.82. The van der Waals surface area contributed by atoms with Crippen LogP contribution in [0.15, 0.2) is 11.6 Å². The second kappa shape index (κ2) is 48.8. The average Bonchev–Trinajstić information content (AvgIpc) is 3.52. The van der Waals surface area contributed by atoms with Gasteiger partial charge in [0.1, 0.15) is 0 Å². The first-order chi connectivity index (χ1) is 31.6. The number of rotatable bonds is 51. The van der Waals surface area contributed by atoms with Gasteiger partial charge in [0.25, 0.3) is 0 Å². The molecule has 0 aliphatic heterocycles. The molecule has 0 aromatic carbocycles. The van der Waals surface area contributed by atoms with Gasteiger partial charge in [-0.2, -0.15) is 0 Å². The molecule has 3 nitrogen and oxygen atoms in total. The van der Waals surface area contributed by atoms with Gasteiger partial charge in [-0.1, -0.05) is 271 Å². The Labute approximate surface area is 405 Å². The highest BCUT2D eigenvalue weighted by Gasteiger charge is 2.19. The van der Waals surface area contributed by atoms with Crippen molar-refractivity contribution in [3.05, 3.63) is 11.6 Å². The molecule has 64 heavy (non-hydrogen) atoms. The number of Topliss-reactive ketones (excluding diaryl/α,β-unsaturated/α-hetero) is 1. The zero-order valence-electron chi connectivity index (χ0n) is 45.1. The van der Waals surface area contributed by atoms with E-state index >= 15 is 0 Å². The Bertz CT molecular complexity index is 939. The molecule has 0 fully saturated rings. The number of allylic oxidation sites excluding steroid dienone is 2. The lowest BCUT2D eigenvalue weighted by molar-refractivity contribution is -0.119. The van der Waals surface area contributed by atoms with Gasteiger partial charge < -0.3 is 4.90 Å². The van der Waals surface area contributed by atoms with Crippen LogP contribution in [0.2, 0.25) is 0 Å². The Morgan fingerprint density at radius 1 is 0.438 bits per heavy atom. The standard InChI is InChI=1S/C61H120N2O/c1-6-11-16-21-26-31-36-43-59(50-55-62(51-37-32-27-22-17-12-7-2)52-38-33-28-23-18-13-8-3)46-41-44-58-45-42-47-60(49-48-58)56-61(64)57-63(53-39-34-29-24-19-14-9-4)54-40-35-30-25-20-15-10-5/h47,58-59H,6-46,48-57H2,1-5H3. The molecule has 0 aromatic heterocycles. The summed E-state index contributed by atoms with van der Waals surface area (Å²) < 4.78 is 0. The molecule has 3 heteroatoms. The van der Waals surface area contributed by atoms with E-state index in [0.717, 1.165) is 24.9 Å². The molecule has 0 radical (unpaired) electrons. The SMILES string of the molecule is CCCCCCCCCC(CCCC1CCC=C(CC(=O)CN(CCCCCCCCC)CCCCCCCCC)CC1)CCN(CCCCCCCCC)CCCCCCCCC. The third-order valence-corrected chi connectivity index (χ3v) is 15.3. The molecule has 1 aliphatic carbocycles. The Kier molecular flexibility index (Phi) is 46.8. The smallest absolute Gasteiger partial charge is 0.150 e. The highest BCUT2D eigenvalue weighted by atomic mass is 16.1. The lowest BCUT2D eigenvalue weighted by Crippen LogP contribution is -2.32. The van der Waals surface area contributed by atoms with E-state index in [1.54, 1.807) is 0 Å². The number of carbonyl (C=O) groups is 1. The molecule has 2 atom stereocenters. The van der Waals surface area contributed by atoms with E-state index in [4.69, 9.17) is 0 Å². The average molecular weight is 898 g/mol. The van der Waals surface area contributed by atoms with Gasteiger partial charge in [0.2, 0.25) is 0 Å². The summed E-state index contributed by atoms with van der Waals surface area (Å²) in [4.78, 5) is 19.1. The predicted octanol–water partition coefficient (Wildman–Crippen LogP) is 20.0. The largest absolute Gasteiger partial charge is 0.303 e. The topological polar surface area (TPSA) is 23.6 Å². The molecule has 0 saturated heterocycles. The molecule has 0 aromatic rings. The molecule has 1 rings (SSSR count). The Morgan fingerprint density at radius 3 is 1.25 bits per heavy atom. The van der Waals surface area contributed by atoms with Gasteiger partial charge in [-0.3, -0.25) is 9.69 Å². The first-order valence-corrected chi connectivity index (χ1v) is 30.2. The van der Waals surface area contributed by atoms with E-state index in [1.165, 1.54) is 308 Å². The summed E-state index contributed by atoms with van der Waals surface area (Å²) in [6.07, 6.45) is 64.2. The number of nitrogens with zero attached hydrogens (tertiary/aromatic N) is 2. The monoisotopic (exact) mass is 897 g/mol. The summed E-state index contributed by atoms with van der Waals surface area (Å²) >= 11 is 0. The molecular weight excluding hydrogens is 777 g/mol. The lowest BCUT2D eigenvalue weighted by atomic mass is 9.87. The minimum Gasteiger partial charge on any atom is -0.303 e. The van der Waals surface area contributed by atoms with Gasteiger partial charge in [-0.05, 0) is 102 Å². The molecule has 0 saturated carbocycles. The lowest BCUT2D eigenvalue weighted by Gasteiger charge is -2.26. The third-order valence-electron chi connectivity index (χ3n) is 15.3. The normalized spacial score (nSPS) is 15.0. The van der Waals surface area contributed by atoms with Crippen molar-refractivity contribution >= 4 is 5.78 Å². The van der Waals surface area contributed by atoms with Gasteiger partial charge in [0, 0.05) is 6.42 Å². The van der Waals surface area contributed by atoms with Gasteiger partial charge in [-0.15, -0.1) is 0 Å². The van der Waals surface area contributed by atoms with Crippen molar-refractivity contribution in [3.63, 3.8) is 0 Å². The van der Waals surface area contributed by atoms with Crippen LogP contribution in [-0.4, -0.2) is 54.9 Å². The fourth-order valence-corrected chi connectivity index (χ4v) is 10.8. The summed E-state index contributed by atoms with van der Waals surface area (Å²) in [7, 11) is 0. The molecule has 1 aliphatic rings. The zero-order chi connectivity index (χ0) is 46.2. The molecule has 0 amide bonds. The fraction of sp³-hybridized carbons (Fsp3) is 0.951. The maximum atomic E-state index is 13.6. The van der Waals surface area contributed by atoms with Crippen LogP contribution in [0, 0.1) is 11.8 Å². The maximum absolute atomic E-state index is 13.6. The number of ketones is 1. The molecule has 0 N–H and O–H groups in total. The second-order valence-corrected chi connectivity index (χ2v) is 21.7. The summed E-state index contributed by atoms with van der Waals surface area (Å²) in [5.74, 6) is 2.24. The van der Waals surface area contributed by atoms with Gasteiger partial charge in [0.15, 0.2) is 5.78 Å². The van der Waals surface area contributed by atoms with Crippen LogP contribution in [0.25, 0.3) is 0 Å². The van der Waals surface area contributed by atoms with Crippen LogP contribution in [0.5, 0.6) is 0 Å². The van der Waals surface area contributed by atoms with Crippen LogP contribution < -0.4 is 0 Å². The van der Waals surface area contributed by atoms with Crippen molar-refractivity contribution in [2.24, 2.45) is 11.8 Å². The maximum Gasteiger partial charge on any atom is 0.150 e. The summed E-state index contributed by atoms with van der Waals surface area (Å²) in [6.45, 7) is 18.6. The second-order valence-electron chi connectivity index (χ2n) is 21.7. The van der Waals surface area contributed by atoms with E-state index in [9.17, 15) is 4.79 Å². The van der Waals surface area contributed by atoms with Crippen molar-refractivity contribution in [2.45, 2.75) is 324 Å². The Hall–Kier alpha value is -0.670. The number of unbranched alkanes of at least 4 members (excludes halogenated alkanes) is 30. The van der Waals surface area contributed by atoms with Crippen molar-refractivity contribution in [1.82, 2.24) is 9.80 Å². The van der Waals surface area contributed by atoms with Crippen LogP contribution in [0.4, 0.5) is 0 Å². The quantitative estimate of drug-likeness (QED) is 0.0449. The number of hydrogen-bond acceptors (Lipinski definition) is 3. The summed E-state index contributed by atoms with van der Waals surface area (Å²) in [6, 6.07) is 0. The van der Waals surface area contributed by atoms with E-state index < -0.39 is 0 Å².